The lowest BCUT2D eigenvalue weighted by atomic mass is 10.1. The largest absolute Gasteiger partial charge is 0.497 e. The molecule has 6 heteroatoms. The van der Waals surface area contributed by atoms with Gasteiger partial charge in [0, 0.05) is 6.54 Å². The number of methoxy groups -OCH3 is 1. The fourth-order valence-electron chi connectivity index (χ4n) is 2.79. The molecule has 1 amide bonds. The monoisotopic (exact) mass is 342 g/mol. The van der Waals surface area contributed by atoms with Gasteiger partial charge in [0.2, 0.25) is 5.89 Å². The molecule has 1 unspecified atom stereocenters. The lowest BCUT2D eigenvalue weighted by molar-refractivity contribution is 0.0738. The minimum Gasteiger partial charge on any atom is -0.497 e. The third kappa shape index (κ3) is 4.02. The van der Waals surface area contributed by atoms with Crippen LogP contribution in [0.1, 0.15) is 36.1 Å². The zero-order valence-electron chi connectivity index (χ0n) is 14.5. The maximum absolute atomic E-state index is 12.6. The third-order valence-corrected chi connectivity index (χ3v) is 4.10. The number of ether oxygens (including phenoxy) is 2. The van der Waals surface area contributed by atoms with Crippen LogP contribution in [-0.4, -0.2) is 35.5 Å². The first-order valence-electron chi connectivity index (χ1n) is 8.40. The molecule has 0 bridgehead atoms. The number of rotatable bonds is 7. The quantitative estimate of drug-likeness (QED) is 0.721. The first kappa shape index (κ1) is 17.1. The summed E-state index contributed by atoms with van der Waals surface area (Å²) in [7, 11) is 1.61. The van der Waals surface area contributed by atoms with E-state index in [1.165, 1.54) is 6.26 Å². The van der Waals surface area contributed by atoms with Crippen LogP contribution < -0.4 is 9.47 Å². The van der Waals surface area contributed by atoms with Crippen LogP contribution in [0.15, 0.2) is 47.1 Å². The molecule has 0 saturated carbocycles. The number of hydrogen-bond acceptors (Lipinski definition) is 5. The molecular formula is C19H22N2O4. The van der Waals surface area contributed by atoms with Crippen molar-refractivity contribution < 1.29 is 18.7 Å². The standard InChI is InChI=1S/C19H22N2O4/c1-3-5-14-6-4-11-21(14)19(22)17-12-25-18(20-17)13-24-16-9-7-15(23-2)8-10-16/h4,6-10,12,14H,3,5,11,13H2,1-2H3. The van der Waals surface area contributed by atoms with Crippen molar-refractivity contribution in [3.63, 3.8) is 0 Å². The normalized spacial score (nSPS) is 16.2. The van der Waals surface area contributed by atoms with E-state index < -0.39 is 0 Å². The Bertz CT molecular complexity index is 736. The van der Waals surface area contributed by atoms with Gasteiger partial charge in [-0.15, -0.1) is 0 Å². The molecule has 1 atom stereocenters. The van der Waals surface area contributed by atoms with E-state index in [0.717, 1.165) is 18.6 Å². The second-order valence-electron chi connectivity index (χ2n) is 5.83. The van der Waals surface area contributed by atoms with Gasteiger partial charge in [0.05, 0.1) is 13.2 Å². The fraction of sp³-hybridized carbons (Fsp3) is 0.368. The molecule has 0 spiro atoms. The van der Waals surface area contributed by atoms with Gasteiger partial charge in [-0.1, -0.05) is 25.5 Å². The Kier molecular flexibility index (Phi) is 5.38. The van der Waals surface area contributed by atoms with Crippen LogP contribution in [0.25, 0.3) is 0 Å². The van der Waals surface area contributed by atoms with Crippen LogP contribution >= 0.6 is 0 Å². The highest BCUT2D eigenvalue weighted by molar-refractivity contribution is 5.92. The van der Waals surface area contributed by atoms with Crippen molar-refractivity contribution >= 4 is 5.91 Å². The van der Waals surface area contributed by atoms with Crippen LogP contribution in [-0.2, 0) is 6.61 Å². The molecule has 2 heterocycles. The summed E-state index contributed by atoms with van der Waals surface area (Å²) in [6.07, 6.45) is 7.48. The van der Waals surface area contributed by atoms with Crippen molar-refractivity contribution in [2.75, 3.05) is 13.7 Å². The lowest BCUT2D eigenvalue weighted by Crippen LogP contribution is -2.36. The van der Waals surface area contributed by atoms with Crippen molar-refractivity contribution in [2.24, 2.45) is 0 Å². The Labute approximate surface area is 147 Å². The summed E-state index contributed by atoms with van der Waals surface area (Å²) >= 11 is 0. The third-order valence-electron chi connectivity index (χ3n) is 4.10. The van der Waals surface area contributed by atoms with E-state index in [4.69, 9.17) is 13.9 Å². The van der Waals surface area contributed by atoms with E-state index >= 15 is 0 Å². The van der Waals surface area contributed by atoms with Gasteiger partial charge in [-0.2, -0.15) is 0 Å². The molecule has 3 rings (SSSR count). The summed E-state index contributed by atoms with van der Waals surface area (Å²) in [5.74, 6) is 1.71. The Morgan fingerprint density at radius 2 is 2.08 bits per heavy atom. The smallest absolute Gasteiger partial charge is 0.276 e. The van der Waals surface area contributed by atoms with Crippen LogP contribution in [0, 0.1) is 0 Å². The minimum atomic E-state index is -0.108. The number of amides is 1. The summed E-state index contributed by atoms with van der Waals surface area (Å²) in [6.45, 7) is 2.89. The number of carbonyl (C=O) groups is 1. The van der Waals surface area contributed by atoms with E-state index in [-0.39, 0.29) is 18.6 Å². The Morgan fingerprint density at radius 3 is 2.80 bits per heavy atom. The van der Waals surface area contributed by atoms with Crippen molar-refractivity contribution in [3.8, 4) is 11.5 Å². The van der Waals surface area contributed by atoms with Crippen LogP contribution in [0.3, 0.4) is 0 Å². The van der Waals surface area contributed by atoms with E-state index in [2.05, 4.69) is 18.0 Å². The van der Waals surface area contributed by atoms with Crippen LogP contribution in [0.4, 0.5) is 0 Å². The predicted octanol–water partition coefficient (Wildman–Crippen LogP) is 3.44. The summed E-state index contributed by atoms with van der Waals surface area (Å²) < 4.78 is 16.1. The first-order chi connectivity index (χ1) is 12.2. The molecule has 0 radical (unpaired) electrons. The molecule has 0 saturated heterocycles. The molecule has 0 fully saturated rings. The second-order valence-corrected chi connectivity index (χ2v) is 5.83. The topological polar surface area (TPSA) is 64.8 Å². The average Bonchev–Trinajstić information content (AvgIpc) is 3.30. The van der Waals surface area contributed by atoms with Gasteiger partial charge in [0.1, 0.15) is 17.8 Å². The molecule has 0 aliphatic carbocycles. The molecule has 25 heavy (non-hydrogen) atoms. The number of aromatic nitrogens is 1. The van der Waals surface area contributed by atoms with Gasteiger partial charge in [0.25, 0.3) is 5.91 Å². The van der Waals surface area contributed by atoms with Crippen LogP contribution in [0.5, 0.6) is 11.5 Å². The molecule has 6 nitrogen and oxygen atoms in total. The highest BCUT2D eigenvalue weighted by Gasteiger charge is 2.27. The highest BCUT2D eigenvalue weighted by atomic mass is 16.5. The van der Waals surface area contributed by atoms with Gasteiger partial charge in [-0.25, -0.2) is 4.98 Å². The van der Waals surface area contributed by atoms with Gasteiger partial charge >= 0.3 is 0 Å². The van der Waals surface area contributed by atoms with Crippen LogP contribution in [0.2, 0.25) is 0 Å². The number of benzene rings is 1. The predicted molar refractivity (Wildman–Crippen MR) is 92.7 cm³/mol. The van der Waals surface area contributed by atoms with Gasteiger partial charge in [-0.05, 0) is 30.7 Å². The molecule has 1 aliphatic rings. The van der Waals surface area contributed by atoms with E-state index in [9.17, 15) is 4.79 Å². The SMILES string of the molecule is CCCC1C=CCN1C(=O)c1coc(COc2ccc(OC)cc2)n1. The van der Waals surface area contributed by atoms with Gasteiger partial charge in [-0.3, -0.25) is 4.79 Å². The van der Waals surface area contributed by atoms with Crippen molar-refractivity contribution in [3.05, 3.63) is 54.3 Å². The molecule has 2 aromatic rings. The fourth-order valence-corrected chi connectivity index (χ4v) is 2.79. The minimum absolute atomic E-state index is 0.108. The molecule has 0 N–H and O–H groups in total. The molecule has 1 aliphatic heterocycles. The number of oxazole rings is 1. The molecule has 1 aromatic carbocycles. The summed E-state index contributed by atoms with van der Waals surface area (Å²) in [5.41, 5.74) is 0.318. The number of hydrogen-bond donors (Lipinski definition) is 0. The van der Waals surface area contributed by atoms with Gasteiger partial charge < -0.3 is 18.8 Å². The summed E-state index contributed by atoms with van der Waals surface area (Å²) in [5, 5.41) is 0. The van der Waals surface area contributed by atoms with E-state index in [1.54, 1.807) is 19.2 Å². The first-order valence-corrected chi connectivity index (χ1v) is 8.40. The lowest BCUT2D eigenvalue weighted by Gasteiger charge is -2.23. The number of nitrogens with zero attached hydrogens (tertiary/aromatic N) is 2. The number of carbonyl (C=O) groups excluding carboxylic acids is 1. The average molecular weight is 342 g/mol. The maximum atomic E-state index is 12.6. The zero-order chi connectivity index (χ0) is 17.6. The van der Waals surface area contributed by atoms with E-state index in [0.29, 0.717) is 23.9 Å². The van der Waals surface area contributed by atoms with E-state index in [1.807, 2.05) is 23.1 Å². The second kappa shape index (κ2) is 7.88. The van der Waals surface area contributed by atoms with Crippen molar-refractivity contribution in [2.45, 2.75) is 32.4 Å². The molecule has 132 valence electrons. The van der Waals surface area contributed by atoms with Crippen molar-refractivity contribution in [1.82, 2.24) is 9.88 Å². The molecular weight excluding hydrogens is 320 g/mol. The summed E-state index contributed by atoms with van der Waals surface area (Å²) in [6, 6.07) is 7.38. The Balaban J connectivity index is 1.59. The van der Waals surface area contributed by atoms with Gasteiger partial charge in [0.15, 0.2) is 12.3 Å². The Hall–Kier alpha value is -2.76. The van der Waals surface area contributed by atoms with Crippen molar-refractivity contribution in [1.29, 1.82) is 0 Å². The highest BCUT2D eigenvalue weighted by Crippen LogP contribution is 2.20. The summed E-state index contributed by atoms with van der Waals surface area (Å²) in [4.78, 5) is 18.7. The maximum Gasteiger partial charge on any atom is 0.276 e. The zero-order valence-corrected chi connectivity index (χ0v) is 14.5. The Morgan fingerprint density at radius 1 is 1.32 bits per heavy atom. The molecule has 1 aromatic heterocycles.